The van der Waals surface area contributed by atoms with Gasteiger partial charge in [0.25, 0.3) is 0 Å². The van der Waals surface area contributed by atoms with Gasteiger partial charge in [0.1, 0.15) is 5.82 Å². The van der Waals surface area contributed by atoms with Crippen molar-refractivity contribution < 1.29 is 9.18 Å². The lowest BCUT2D eigenvalue weighted by Gasteiger charge is -1.99. The van der Waals surface area contributed by atoms with Crippen LogP contribution < -0.4 is 0 Å². The molecule has 74 valence electrons. The van der Waals surface area contributed by atoms with Gasteiger partial charge in [0.05, 0.1) is 0 Å². The van der Waals surface area contributed by atoms with Crippen LogP contribution in [0.2, 0.25) is 0 Å². The molecule has 0 unspecified atom stereocenters. The standard InChI is InChI=1S/C11H7FN2O/c12-10-3-1-8(2-4-10)9-5-13-11(7-15)14-6-9/h1-7H. The van der Waals surface area contributed by atoms with Crippen LogP contribution in [0.25, 0.3) is 11.1 Å². The van der Waals surface area contributed by atoms with Crippen molar-refractivity contribution in [2.45, 2.75) is 0 Å². The van der Waals surface area contributed by atoms with Crippen molar-refractivity contribution in [3.63, 3.8) is 0 Å². The fourth-order valence-electron chi connectivity index (χ4n) is 1.19. The summed E-state index contributed by atoms with van der Waals surface area (Å²) in [5, 5.41) is 0. The molecule has 1 aromatic carbocycles. The van der Waals surface area contributed by atoms with Crippen LogP contribution >= 0.6 is 0 Å². The molecule has 2 rings (SSSR count). The van der Waals surface area contributed by atoms with Crippen LogP contribution in [0.5, 0.6) is 0 Å². The minimum atomic E-state index is -0.288. The van der Waals surface area contributed by atoms with Crippen molar-refractivity contribution in [3.05, 3.63) is 48.3 Å². The highest BCUT2D eigenvalue weighted by Crippen LogP contribution is 2.17. The van der Waals surface area contributed by atoms with Crippen LogP contribution in [0.3, 0.4) is 0 Å². The summed E-state index contributed by atoms with van der Waals surface area (Å²) < 4.78 is 12.6. The van der Waals surface area contributed by atoms with Crippen molar-refractivity contribution in [2.75, 3.05) is 0 Å². The van der Waals surface area contributed by atoms with E-state index < -0.39 is 0 Å². The van der Waals surface area contributed by atoms with E-state index in [0.717, 1.165) is 11.1 Å². The summed E-state index contributed by atoms with van der Waals surface area (Å²) in [6, 6.07) is 6.00. The lowest BCUT2D eigenvalue weighted by molar-refractivity contribution is 0.111. The summed E-state index contributed by atoms with van der Waals surface area (Å²) in [5.74, 6) is -0.148. The Morgan fingerprint density at radius 1 is 1.00 bits per heavy atom. The highest BCUT2D eigenvalue weighted by molar-refractivity contribution is 5.70. The Hall–Kier alpha value is -2.10. The van der Waals surface area contributed by atoms with Gasteiger partial charge in [0.15, 0.2) is 12.1 Å². The SMILES string of the molecule is O=Cc1ncc(-c2ccc(F)cc2)cn1. The second-order valence-corrected chi connectivity index (χ2v) is 2.95. The van der Waals surface area contributed by atoms with Gasteiger partial charge in [-0.15, -0.1) is 0 Å². The third-order valence-electron chi connectivity index (χ3n) is 1.95. The third-order valence-corrected chi connectivity index (χ3v) is 1.95. The first-order valence-electron chi connectivity index (χ1n) is 4.33. The van der Waals surface area contributed by atoms with Gasteiger partial charge in [-0.3, -0.25) is 4.79 Å². The normalized spacial score (nSPS) is 9.93. The maximum atomic E-state index is 12.6. The van der Waals surface area contributed by atoms with Gasteiger partial charge >= 0.3 is 0 Å². The largest absolute Gasteiger partial charge is 0.294 e. The van der Waals surface area contributed by atoms with E-state index in [9.17, 15) is 9.18 Å². The molecule has 3 nitrogen and oxygen atoms in total. The third kappa shape index (κ3) is 2.04. The van der Waals surface area contributed by atoms with Crippen LogP contribution in [0.1, 0.15) is 10.6 Å². The van der Waals surface area contributed by atoms with Crippen LogP contribution in [-0.2, 0) is 0 Å². The smallest absolute Gasteiger partial charge is 0.192 e. The quantitative estimate of drug-likeness (QED) is 0.700. The molecule has 0 aliphatic rings. The second kappa shape index (κ2) is 3.96. The highest BCUT2D eigenvalue weighted by atomic mass is 19.1. The van der Waals surface area contributed by atoms with E-state index in [1.807, 2.05) is 0 Å². The minimum Gasteiger partial charge on any atom is -0.294 e. The Morgan fingerprint density at radius 3 is 2.13 bits per heavy atom. The molecule has 1 heterocycles. The topological polar surface area (TPSA) is 42.9 Å². The minimum absolute atomic E-state index is 0.140. The first kappa shape index (κ1) is 9.45. The van der Waals surface area contributed by atoms with E-state index in [4.69, 9.17) is 0 Å². The summed E-state index contributed by atoms with van der Waals surface area (Å²) in [5.41, 5.74) is 1.56. The summed E-state index contributed by atoms with van der Waals surface area (Å²) >= 11 is 0. The average molecular weight is 202 g/mol. The molecule has 0 fully saturated rings. The fraction of sp³-hybridized carbons (Fsp3) is 0. The van der Waals surface area contributed by atoms with Gasteiger partial charge in [-0.2, -0.15) is 0 Å². The average Bonchev–Trinajstić information content (AvgIpc) is 2.30. The van der Waals surface area contributed by atoms with E-state index in [0.29, 0.717) is 6.29 Å². The fourth-order valence-corrected chi connectivity index (χ4v) is 1.19. The molecule has 0 amide bonds. The molecule has 4 heteroatoms. The number of hydrogen-bond donors (Lipinski definition) is 0. The van der Waals surface area contributed by atoms with Crippen molar-refractivity contribution in [1.29, 1.82) is 0 Å². The lowest BCUT2D eigenvalue weighted by atomic mass is 10.1. The van der Waals surface area contributed by atoms with Gasteiger partial charge in [-0.25, -0.2) is 14.4 Å². The number of carbonyl (C=O) groups is 1. The second-order valence-electron chi connectivity index (χ2n) is 2.95. The van der Waals surface area contributed by atoms with E-state index >= 15 is 0 Å². The zero-order valence-electron chi connectivity index (χ0n) is 7.72. The highest BCUT2D eigenvalue weighted by Gasteiger charge is 1.99. The zero-order valence-corrected chi connectivity index (χ0v) is 7.72. The molecule has 15 heavy (non-hydrogen) atoms. The number of nitrogens with zero attached hydrogens (tertiary/aromatic N) is 2. The maximum Gasteiger partial charge on any atom is 0.192 e. The Labute approximate surface area is 85.6 Å². The van der Waals surface area contributed by atoms with Gasteiger partial charge in [-0.1, -0.05) is 12.1 Å². The number of hydrogen-bond acceptors (Lipinski definition) is 3. The van der Waals surface area contributed by atoms with Gasteiger partial charge in [0.2, 0.25) is 0 Å². The van der Waals surface area contributed by atoms with Gasteiger partial charge in [-0.05, 0) is 17.7 Å². The monoisotopic (exact) mass is 202 g/mol. The molecule has 0 bridgehead atoms. The summed E-state index contributed by atoms with van der Waals surface area (Å²) in [4.78, 5) is 18.0. The number of benzene rings is 1. The molecule has 0 N–H and O–H groups in total. The first-order valence-corrected chi connectivity index (χ1v) is 4.33. The zero-order chi connectivity index (χ0) is 10.7. The molecule has 0 spiro atoms. The molecule has 2 aromatic rings. The summed E-state index contributed by atoms with van der Waals surface area (Å²) in [6.45, 7) is 0. The first-order chi connectivity index (χ1) is 7.29. The molecule has 0 aliphatic heterocycles. The molecule has 0 atom stereocenters. The summed E-state index contributed by atoms with van der Waals surface area (Å²) in [7, 11) is 0. The number of aldehydes is 1. The maximum absolute atomic E-state index is 12.6. The number of rotatable bonds is 2. The Bertz CT molecular complexity index is 465. The predicted molar refractivity (Wildman–Crippen MR) is 52.8 cm³/mol. The molecular weight excluding hydrogens is 195 g/mol. The molecule has 0 aliphatic carbocycles. The van der Waals surface area contributed by atoms with Crippen LogP contribution in [-0.4, -0.2) is 16.3 Å². The number of aromatic nitrogens is 2. The Morgan fingerprint density at radius 2 is 1.60 bits per heavy atom. The van der Waals surface area contributed by atoms with E-state index in [1.165, 1.54) is 24.5 Å². The van der Waals surface area contributed by atoms with Crippen LogP contribution in [0, 0.1) is 5.82 Å². The molecule has 0 radical (unpaired) electrons. The molecule has 0 saturated heterocycles. The Balaban J connectivity index is 2.37. The van der Waals surface area contributed by atoms with Crippen molar-refractivity contribution in [3.8, 4) is 11.1 Å². The van der Waals surface area contributed by atoms with E-state index in [1.54, 1.807) is 12.1 Å². The predicted octanol–water partition coefficient (Wildman–Crippen LogP) is 2.10. The Kier molecular flexibility index (Phi) is 2.49. The van der Waals surface area contributed by atoms with Crippen molar-refractivity contribution in [1.82, 2.24) is 9.97 Å². The van der Waals surface area contributed by atoms with Gasteiger partial charge in [0, 0.05) is 18.0 Å². The van der Waals surface area contributed by atoms with Crippen molar-refractivity contribution >= 4 is 6.29 Å². The molecule has 0 saturated carbocycles. The van der Waals surface area contributed by atoms with Gasteiger partial charge < -0.3 is 0 Å². The number of carbonyl (C=O) groups excluding carboxylic acids is 1. The van der Waals surface area contributed by atoms with Crippen LogP contribution in [0.15, 0.2) is 36.7 Å². The lowest BCUT2D eigenvalue weighted by Crippen LogP contribution is -1.91. The van der Waals surface area contributed by atoms with E-state index in [-0.39, 0.29) is 11.6 Å². The van der Waals surface area contributed by atoms with E-state index in [2.05, 4.69) is 9.97 Å². The van der Waals surface area contributed by atoms with Crippen molar-refractivity contribution in [2.24, 2.45) is 0 Å². The molecule has 1 aromatic heterocycles. The number of halogens is 1. The molecular formula is C11H7FN2O. The summed E-state index contributed by atoms with van der Waals surface area (Å²) in [6.07, 6.45) is 3.64. The van der Waals surface area contributed by atoms with Crippen LogP contribution in [0.4, 0.5) is 4.39 Å².